The van der Waals surface area contributed by atoms with Gasteiger partial charge in [-0.15, -0.1) is 0 Å². The number of hydrogen-bond acceptors (Lipinski definition) is 5. The summed E-state index contributed by atoms with van der Waals surface area (Å²) in [5, 5.41) is 0. The lowest BCUT2D eigenvalue weighted by Gasteiger charge is -2.32. The maximum atomic E-state index is 12.3. The minimum Gasteiger partial charge on any atom is -0.497 e. The summed E-state index contributed by atoms with van der Waals surface area (Å²) in [6, 6.07) is 13.4. The molecular formula is C20H27N3O3S. The fourth-order valence-electron chi connectivity index (χ4n) is 3.27. The van der Waals surface area contributed by atoms with Crippen LogP contribution >= 0.6 is 0 Å². The molecule has 0 spiro atoms. The van der Waals surface area contributed by atoms with E-state index in [0.29, 0.717) is 18.9 Å². The summed E-state index contributed by atoms with van der Waals surface area (Å²) in [4.78, 5) is 6.64. The van der Waals surface area contributed by atoms with Crippen LogP contribution in [0.4, 0.5) is 5.82 Å². The molecule has 2 aromatic rings. The van der Waals surface area contributed by atoms with Gasteiger partial charge in [0.1, 0.15) is 11.6 Å². The topological polar surface area (TPSA) is 71.5 Å². The number of rotatable bonds is 8. The van der Waals surface area contributed by atoms with Gasteiger partial charge in [0.05, 0.1) is 12.9 Å². The van der Waals surface area contributed by atoms with Gasteiger partial charge in [-0.25, -0.2) is 18.1 Å². The van der Waals surface area contributed by atoms with Gasteiger partial charge in [-0.05, 0) is 55.0 Å². The Morgan fingerprint density at radius 1 is 1.15 bits per heavy atom. The molecule has 1 N–H and O–H groups in total. The van der Waals surface area contributed by atoms with Crippen LogP contribution in [-0.2, 0) is 16.4 Å². The van der Waals surface area contributed by atoms with Crippen molar-refractivity contribution in [1.29, 1.82) is 0 Å². The van der Waals surface area contributed by atoms with Gasteiger partial charge in [0.25, 0.3) is 0 Å². The highest BCUT2D eigenvalue weighted by Crippen LogP contribution is 2.21. The first kappa shape index (κ1) is 19.6. The van der Waals surface area contributed by atoms with Gasteiger partial charge in [0.2, 0.25) is 10.0 Å². The van der Waals surface area contributed by atoms with Crippen molar-refractivity contribution >= 4 is 15.8 Å². The highest BCUT2D eigenvalue weighted by atomic mass is 32.2. The Kier molecular flexibility index (Phi) is 6.68. The molecule has 27 heavy (non-hydrogen) atoms. The van der Waals surface area contributed by atoms with Crippen LogP contribution in [0.3, 0.4) is 0 Å². The van der Waals surface area contributed by atoms with E-state index in [9.17, 15) is 8.42 Å². The van der Waals surface area contributed by atoms with E-state index in [1.807, 2.05) is 42.5 Å². The summed E-state index contributed by atoms with van der Waals surface area (Å²) in [6.45, 7) is 2.34. The Hall–Kier alpha value is -2.12. The number of aryl methyl sites for hydroxylation is 1. The zero-order chi connectivity index (χ0) is 19.1. The minimum atomic E-state index is -3.27. The van der Waals surface area contributed by atoms with Crippen LogP contribution in [0.1, 0.15) is 18.4 Å². The molecule has 1 fully saturated rings. The van der Waals surface area contributed by atoms with Crippen LogP contribution < -0.4 is 14.4 Å². The first-order chi connectivity index (χ1) is 13.1. The van der Waals surface area contributed by atoms with E-state index in [0.717, 1.165) is 43.1 Å². The number of anilines is 1. The van der Waals surface area contributed by atoms with E-state index >= 15 is 0 Å². The average molecular weight is 390 g/mol. The third-order valence-electron chi connectivity index (χ3n) is 5.00. The molecule has 1 aliphatic heterocycles. The van der Waals surface area contributed by atoms with Crippen molar-refractivity contribution in [3.63, 3.8) is 0 Å². The molecule has 1 aliphatic rings. The van der Waals surface area contributed by atoms with Crippen LogP contribution in [0.15, 0.2) is 48.7 Å². The average Bonchev–Trinajstić information content (AvgIpc) is 2.72. The highest BCUT2D eigenvalue weighted by molar-refractivity contribution is 7.89. The molecule has 1 aromatic carbocycles. The number of nitrogens with zero attached hydrogens (tertiary/aromatic N) is 2. The number of pyridine rings is 1. The molecule has 1 aromatic heterocycles. The lowest BCUT2D eigenvalue weighted by atomic mass is 9.97. The summed E-state index contributed by atoms with van der Waals surface area (Å²) in [5.41, 5.74) is 0.991. The molecule has 2 heterocycles. The van der Waals surface area contributed by atoms with Crippen molar-refractivity contribution in [2.24, 2.45) is 5.92 Å². The lowest BCUT2D eigenvalue weighted by Crippen LogP contribution is -2.39. The second kappa shape index (κ2) is 9.19. The number of benzene rings is 1. The Bertz CT molecular complexity index is 802. The summed E-state index contributed by atoms with van der Waals surface area (Å²) in [7, 11) is -1.65. The highest BCUT2D eigenvalue weighted by Gasteiger charge is 2.21. The maximum absolute atomic E-state index is 12.3. The fraction of sp³-hybridized carbons (Fsp3) is 0.450. The Morgan fingerprint density at radius 3 is 2.52 bits per heavy atom. The summed E-state index contributed by atoms with van der Waals surface area (Å²) in [6.07, 6.45) is 4.24. The van der Waals surface area contributed by atoms with Gasteiger partial charge in [-0.1, -0.05) is 18.2 Å². The van der Waals surface area contributed by atoms with E-state index in [1.54, 1.807) is 13.3 Å². The number of ether oxygens (including phenoxy) is 1. The first-order valence-electron chi connectivity index (χ1n) is 9.32. The van der Waals surface area contributed by atoms with Crippen LogP contribution in [-0.4, -0.2) is 45.9 Å². The summed E-state index contributed by atoms with van der Waals surface area (Å²) < 4.78 is 32.5. The third kappa shape index (κ3) is 5.94. The molecule has 0 unspecified atom stereocenters. The predicted molar refractivity (Wildman–Crippen MR) is 108 cm³/mol. The molecule has 0 atom stereocenters. The number of nitrogens with one attached hydrogen (secondary N) is 1. The summed E-state index contributed by atoms with van der Waals surface area (Å²) in [5.74, 6) is 2.25. The molecule has 146 valence electrons. The molecule has 1 saturated heterocycles. The van der Waals surface area contributed by atoms with Crippen molar-refractivity contribution in [3.05, 3.63) is 54.2 Å². The molecule has 0 saturated carbocycles. The fourth-order valence-corrected chi connectivity index (χ4v) is 4.41. The zero-order valence-corrected chi connectivity index (χ0v) is 16.5. The molecule has 0 aliphatic carbocycles. The number of aromatic nitrogens is 1. The van der Waals surface area contributed by atoms with Gasteiger partial charge in [0.15, 0.2) is 0 Å². The van der Waals surface area contributed by atoms with Crippen molar-refractivity contribution < 1.29 is 13.2 Å². The van der Waals surface area contributed by atoms with Gasteiger partial charge >= 0.3 is 0 Å². The van der Waals surface area contributed by atoms with Crippen molar-refractivity contribution in [1.82, 2.24) is 9.71 Å². The minimum absolute atomic E-state index is 0.103. The van der Waals surface area contributed by atoms with E-state index in [-0.39, 0.29) is 5.75 Å². The van der Waals surface area contributed by atoms with Crippen LogP contribution in [0.2, 0.25) is 0 Å². The molecule has 6 nitrogen and oxygen atoms in total. The van der Waals surface area contributed by atoms with Crippen molar-refractivity contribution in [3.8, 4) is 5.75 Å². The van der Waals surface area contributed by atoms with Gasteiger partial charge in [0, 0.05) is 25.8 Å². The lowest BCUT2D eigenvalue weighted by molar-refractivity contribution is 0.400. The standard InChI is InChI=1S/C20H27N3O3S/c1-26-19-7-5-17(6-8-19)11-15-27(24,25)22-16-18-9-13-23(14-10-18)20-4-2-3-12-21-20/h2-8,12,18,22H,9-11,13-16H2,1H3. The predicted octanol–water partition coefficient (Wildman–Crippen LogP) is 2.47. The monoisotopic (exact) mass is 389 g/mol. The number of hydrogen-bond donors (Lipinski definition) is 1. The Balaban J connectivity index is 1.41. The van der Waals surface area contributed by atoms with Crippen LogP contribution in [0.5, 0.6) is 5.75 Å². The molecule has 7 heteroatoms. The van der Waals surface area contributed by atoms with Crippen LogP contribution in [0.25, 0.3) is 0 Å². The molecular weight excluding hydrogens is 362 g/mol. The molecule has 0 amide bonds. The summed E-state index contributed by atoms with van der Waals surface area (Å²) >= 11 is 0. The second-order valence-corrected chi connectivity index (χ2v) is 8.81. The van der Waals surface area contributed by atoms with Crippen molar-refractivity contribution in [2.45, 2.75) is 19.3 Å². The first-order valence-corrected chi connectivity index (χ1v) is 11.0. The van der Waals surface area contributed by atoms with Crippen molar-refractivity contribution in [2.75, 3.05) is 37.4 Å². The van der Waals surface area contributed by atoms with E-state index in [4.69, 9.17) is 4.74 Å². The quantitative estimate of drug-likeness (QED) is 0.751. The Labute approximate surface area is 161 Å². The van der Waals surface area contributed by atoms with Gasteiger partial charge < -0.3 is 9.64 Å². The smallest absolute Gasteiger partial charge is 0.211 e. The number of piperidine rings is 1. The van der Waals surface area contributed by atoms with Gasteiger partial charge in [-0.2, -0.15) is 0 Å². The Morgan fingerprint density at radius 2 is 1.89 bits per heavy atom. The largest absolute Gasteiger partial charge is 0.497 e. The third-order valence-corrected chi connectivity index (χ3v) is 6.35. The van der Waals surface area contributed by atoms with E-state index in [2.05, 4.69) is 14.6 Å². The van der Waals surface area contributed by atoms with Gasteiger partial charge in [-0.3, -0.25) is 0 Å². The maximum Gasteiger partial charge on any atom is 0.211 e. The number of sulfonamides is 1. The zero-order valence-electron chi connectivity index (χ0n) is 15.7. The van der Waals surface area contributed by atoms with E-state index < -0.39 is 10.0 Å². The molecule has 0 radical (unpaired) electrons. The normalized spacial score (nSPS) is 15.7. The SMILES string of the molecule is COc1ccc(CCS(=O)(=O)NCC2CCN(c3ccccn3)CC2)cc1. The number of methoxy groups -OCH3 is 1. The second-order valence-electron chi connectivity index (χ2n) is 6.88. The molecule has 3 rings (SSSR count). The molecule has 0 bridgehead atoms. The van der Waals surface area contributed by atoms with Crippen LogP contribution in [0, 0.1) is 5.92 Å². The van der Waals surface area contributed by atoms with E-state index in [1.165, 1.54) is 0 Å².